The Bertz CT molecular complexity index is 4940. The van der Waals surface area contributed by atoms with E-state index in [0.29, 0.717) is 0 Å². The van der Waals surface area contributed by atoms with Crippen LogP contribution in [0, 0.1) is 0 Å². The highest BCUT2D eigenvalue weighted by Crippen LogP contribution is 2.66. The fraction of sp³-hybridized carbons (Fsp3) is 0.667. The van der Waals surface area contributed by atoms with E-state index in [0.717, 1.165) is 59.6 Å². The minimum absolute atomic E-state index is 0.00566. The number of nitrogens with two attached hydrogens (primary N) is 2. The van der Waals surface area contributed by atoms with Gasteiger partial charge in [0.1, 0.15) is 72.7 Å². The Morgan fingerprint density at radius 2 is 0.550 bits per heavy atom. The maximum Gasteiger partial charge on any atom is 0.351 e. The molecule has 10 aliphatic heterocycles. The van der Waals surface area contributed by atoms with Crippen LogP contribution in [-0.4, -0.2) is 198 Å². The van der Waals surface area contributed by atoms with E-state index in [9.17, 15) is 38.4 Å². The molecule has 7 N–H and O–H groups in total. The molecule has 0 spiro atoms. The molecule has 120 heavy (non-hydrogen) atoms. The van der Waals surface area contributed by atoms with Crippen molar-refractivity contribution in [3.05, 3.63) is 145 Å². The van der Waals surface area contributed by atoms with Crippen molar-refractivity contribution in [1.29, 1.82) is 0 Å². The third-order valence-electron chi connectivity index (χ3n) is 17.2. The summed E-state index contributed by atoms with van der Waals surface area (Å²) in [5.41, 5.74) is 4.86. The Morgan fingerprint density at radius 1 is 0.367 bits per heavy atom. The molecule has 10 fully saturated rings. The lowest BCUT2D eigenvalue weighted by molar-refractivity contribution is -0.0657. The number of rotatable bonds is 15. The van der Waals surface area contributed by atoms with Crippen LogP contribution in [0.1, 0.15) is 100 Å². The van der Waals surface area contributed by atoms with Gasteiger partial charge in [0, 0.05) is 49.2 Å². The summed E-state index contributed by atoms with van der Waals surface area (Å²) >= 11 is 56.2. The first-order chi connectivity index (χ1) is 55.6. The van der Waals surface area contributed by atoms with Crippen LogP contribution in [0.2, 0.25) is 0 Å². The van der Waals surface area contributed by atoms with Crippen LogP contribution in [0.25, 0.3) is 0 Å². The monoisotopic (exact) mass is 2000 g/mol. The fourth-order valence-corrected chi connectivity index (χ4v) is 27.3. The number of aromatic nitrogens is 10. The van der Waals surface area contributed by atoms with Crippen LogP contribution >= 0.6 is 91.6 Å². The molecule has 15 rings (SSSR count). The lowest BCUT2D eigenvalue weighted by atomic mass is 10.1. The van der Waals surface area contributed by atoms with Gasteiger partial charge < -0.3 is 80.4 Å². The Morgan fingerprint density at radius 3 is 0.725 bits per heavy atom. The Kier molecular flexibility index (Phi) is 30.5. The predicted molar refractivity (Wildman–Crippen MR) is 434 cm³/mol. The number of alkyl halides is 10. The van der Waals surface area contributed by atoms with Crippen molar-refractivity contribution in [2.45, 2.75) is 218 Å². The summed E-state index contributed by atoms with van der Waals surface area (Å²) in [6, 6.07) is 5.85. The van der Waals surface area contributed by atoms with Crippen LogP contribution in [-0.2, 0) is 151 Å². The van der Waals surface area contributed by atoms with E-state index in [-0.39, 0.29) is 75.2 Å². The molecule has 0 bridgehead atoms. The van der Waals surface area contributed by atoms with E-state index >= 15 is 22.0 Å². The third-order valence-corrected chi connectivity index (χ3v) is 31.5. The predicted octanol–water partition coefficient (Wildman–Crippen LogP) is 7.60. The lowest BCUT2D eigenvalue weighted by Crippen LogP contribution is -2.44. The number of fused-ring (bicyclic) bond motifs is 5. The van der Waals surface area contributed by atoms with Gasteiger partial charge in [-0.15, -0.1) is 0 Å². The lowest BCUT2D eigenvalue weighted by Gasteiger charge is -2.35. The van der Waals surface area contributed by atoms with Crippen LogP contribution in [0.15, 0.2) is 99.7 Å². The molecular formula is C60H77Cl5F5N12O28P5S5. The number of nitrogens with one attached hydrogen (secondary N) is 3. The first-order valence-electron chi connectivity index (χ1n) is 35.5. The van der Waals surface area contributed by atoms with Gasteiger partial charge in [-0.05, 0) is 140 Å². The zero-order valence-electron chi connectivity index (χ0n) is 63.6. The largest absolute Gasteiger partial charge is 0.383 e. The standard InChI is InChI=1S/2C12H16ClFN3O5PS.3C12H15ClFN2O6PS/c2*1-6(2)21-23(24)19-5-7-9(22-23)12(13,14)10(20-7)17-4-3-8(15)16-11(17)18;3*1-6(2)21-23(24)19-5-7-9(22-23)12(13,14)10(20-7)16-4-3-8(17)15-11(16)18/h2*3-4,6-7,9-10H,5H2,1-2H3,(H2,15,16,18);3*3-4,6-7,9-10H,5H2,1-2H3,(H,15,17,18)/t7-,9-,10-,12-,23+;7-,9-,10-,12-,23-;7-,9-,10-,12-,23?;7-,9-,10-,12-,23+;7-,9-,10-,12-,23-/m11111/s1. The molecule has 0 radical (unpaired) electrons. The molecule has 25 atom stereocenters. The number of ether oxygens (including phenoxy) is 5. The van der Waals surface area contributed by atoms with Crippen LogP contribution in [0.3, 0.4) is 0 Å². The van der Waals surface area contributed by atoms with Gasteiger partial charge in [-0.25, -0.2) is 45.9 Å². The van der Waals surface area contributed by atoms with E-state index in [4.69, 9.17) is 220 Å². The van der Waals surface area contributed by atoms with Gasteiger partial charge in [0.25, 0.3) is 42.3 Å². The van der Waals surface area contributed by atoms with Gasteiger partial charge in [-0.2, -0.15) is 9.97 Å². The summed E-state index contributed by atoms with van der Waals surface area (Å²) in [5, 5.41) is -12.9. The second-order valence-electron chi connectivity index (χ2n) is 28.3. The van der Waals surface area contributed by atoms with Crippen molar-refractivity contribution in [3.63, 3.8) is 0 Å². The highest BCUT2D eigenvalue weighted by molar-refractivity contribution is 8.08. The summed E-state index contributed by atoms with van der Waals surface area (Å²) in [4.78, 5) is 106. The molecule has 10 aliphatic rings. The zero-order valence-corrected chi connectivity index (χ0v) is 76.0. The second-order valence-corrected chi connectivity index (χ2v) is 45.7. The van der Waals surface area contributed by atoms with Gasteiger partial charge in [0.15, 0.2) is 31.1 Å². The van der Waals surface area contributed by atoms with Crippen LogP contribution in [0.5, 0.6) is 0 Å². The summed E-state index contributed by atoms with van der Waals surface area (Å²) < 4.78 is 190. The normalized spacial score (nSPS) is 39.1. The maximum absolute atomic E-state index is 15.2. The van der Waals surface area contributed by atoms with E-state index in [1.165, 1.54) is 24.5 Å². The Balaban J connectivity index is 0.000000147. The Hall–Kier alpha value is -3.05. The van der Waals surface area contributed by atoms with Crippen LogP contribution < -0.4 is 56.6 Å². The highest BCUT2D eigenvalue weighted by Gasteiger charge is 2.68. The number of nitrogens with zero attached hydrogens (tertiary/aromatic N) is 7. The Labute approximate surface area is 725 Å². The quantitative estimate of drug-likeness (QED) is 0.0382. The van der Waals surface area contributed by atoms with E-state index in [2.05, 4.69) is 9.97 Å². The van der Waals surface area contributed by atoms with E-state index < -0.39 is 197 Å². The molecule has 0 amide bonds. The first kappa shape index (κ1) is 97.6. The molecule has 0 saturated carbocycles. The number of H-pyrrole nitrogens is 3. The maximum atomic E-state index is 15.2. The molecule has 670 valence electrons. The number of halogens is 10. The van der Waals surface area contributed by atoms with Crippen molar-refractivity contribution < 1.29 is 113 Å². The van der Waals surface area contributed by atoms with Crippen LogP contribution in [0.4, 0.5) is 33.6 Å². The smallest absolute Gasteiger partial charge is 0.351 e. The molecule has 10 saturated heterocycles. The molecule has 5 aromatic rings. The molecular weight excluding hydrogens is 1920 g/mol. The van der Waals surface area contributed by atoms with Gasteiger partial charge >= 0.3 is 62.0 Å². The minimum atomic E-state index is -3.17. The summed E-state index contributed by atoms with van der Waals surface area (Å²) in [6.45, 7) is 1.28. The molecule has 0 aromatic carbocycles. The fourth-order valence-electron chi connectivity index (χ4n) is 12.4. The van der Waals surface area contributed by atoms with Crippen molar-refractivity contribution in [2.75, 3.05) is 44.5 Å². The van der Waals surface area contributed by atoms with Gasteiger partial charge in [0.2, 0.25) is 0 Å². The highest BCUT2D eigenvalue weighted by atomic mass is 35.5. The van der Waals surface area contributed by atoms with Gasteiger partial charge in [-0.1, -0.05) is 58.0 Å². The number of anilines is 2. The molecule has 0 aliphatic carbocycles. The summed E-state index contributed by atoms with van der Waals surface area (Å²) in [6.07, 6.45) is -13.6. The first-order valence-corrected chi connectivity index (χ1v) is 50.2. The van der Waals surface area contributed by atoms with Crippen molar-refractivity contribution >= 4 is 162 Å². The SMILES string of the molecule is CC(C)OP1(=S)OC[C@H]2O[C@@H](n3ccc(=O)[nH]c3=O)[C@@](F)(Cl)[C@@H]2O1.CC(C)O[P@@]1(=S)OC[C@H]2O[C@@H](n3ccc(=O)[nH]c3=O)[C@@](F)(Cl)[C@@H]2O1.CC(C)O[P@@]1(=S)OC[C@H]2O[C@@H](n3ccc(N)nc3=O)[C@@](F)(Cl)[C@@H]2O1.CC(C)O[P@]1(=S)OC[C@H]2O[C@@H](n3ccc(=O)[nH]c3=O)[C@@](F)(Cl)[C@@H]2O1.CC(C)O[P@]1(=S)OC[C@H]2O[C@@H](n3ccc(N)nc3=O)[C@@](F)(Cl)[C@@H]2O1. The average molecular weight is 2000 g/mol. The topological polar surface area (TPSA) is 471 Å². The summed E-state index contributed by atoms with van der Waals surface area (Å²) in [5.74, 6) is 0.0113. The minimum Gasteiger partial charge on any atom is -0.383 e. The molecule has 5 aromatic heterocycles. The zero-order chi connectivity index (χ0) is 88.5. The average Bonchev–Trinajstić information content (AvgIpc) is 1.61. The number of nitrogen functional groups attached to an aromatic ring is 2. The molecule has 60 heteroatoms. The second kappa shape index (κ2) is 37.6. The van der Waals surface area contributed by atoms with E-state index in [1.807, 2.05) is 15.0 Å². The number of hydrogen-bond donors (Lipinski definition) is 5. The van der Waals surface area contributed by atoms with Gasteiger partial charge in [0.05, 0.1) is 63.6 Å². The number of hydrogen-bond acceptors (Lipinski definition) is 37. The van der Waals surface area contributed by atoms with Crippen molar-refractivity contribution in [2.24, 2.45) is 0 Å². The third kappa shape index (κ3) is 21.8. The molecule has 40 nitrogen and oxygen atoms in total. The molecule has 1 unspecified atom stereocenters. The summed E-state index contributed by atoms with van der Waals surface area (Å²) in [7, 11) is 0. The van der Waals surface area contributed by atoms with E-state index in [1.54, 1.807) is 69.2 Å². The van der Waals surface area contributed by atoms with Gasteiger partial charge in [-0.3, -0.25) is 74.8 Å². The number of aromatic amines is 3. The molecule has 15 heterocycles. The van der Waals surface area contributed by atoms with Crippen molar-refractivity contribution in [1.82, 2.24) is 47.8 Å². The van der Waals surface area contributed by atoms with Crippen molar-refractivity contribution in [3.8, 4) is 0 Å².